The van der Waals surface area contributed by atoms with E-state index in [0.29, 0.717) is 28.7 Å². The molecule has 0 saturated carbocycles. The molecule has 1 aliphatic heterocycles. The molecule has 1 aliphatic rings. The Bertz CT molecular complexity index is 937. The van der Waals surface area contributed by atoms with Crippen LogP contribution in [0.1, 0.15) is 5.56 Å². The summed E-state index contributed by atoms with van der Waals surface area (Å²) in [6.07, 6.45) is 3.19. The fraction of sp³-hybridized carbons (Fsp3) is 0.158. The van der Waals surface area contributed by atoms with Crippen molar-refractivity contribution in [1.82, 2.24) is 4.98 Å². The number of hydrogen-bond acceptors (Lipinski definition) is 6. The fourth-order valence-electron chi connectivity index (χ4n) is 2.76. The minimum atomic E-state index is -0.140. The van der Waals surface area contributed by atoms with E-state index in [2.05, 4.69) is 10.3 Å². The van der Waals surface area contributed by atoms with Gasteiger partial charge in [0.15, 0.2) is 23.7 Å². The van der Waals surface area contributed by atoms with Crippen LogP contribution in [0.2, 0.25) is 0 Å². The van der Waals surface area contributed by atoms with Crippen LogP contribution in [-0.4, -0.2) is 24.8 Å². The van der Waals surface area contributed by atoms with Crippen LogP contribution in [0.5, 0.6) is 17.2 Å². The lowest BCUT2D eigenvalue weighted by Crippen LogP contribution is -2.14. The van der Waals surface area contributed by atoms with Gasteiger partial charge in [0.2, 0.25) is 12.7 Å². The van der Waals surface area contributed by atoms with Gasteiger partial charge in [0.1, 0.15) is 5.75 Å². The maximum atomic E-state index is 12.3. The number of hydrogen-bond donors (Lipinski definition) is 1. The van der Waals surface area contributed by atoms with E-state index in [-0.39, 0.29) is 19.1 Å². The van der Waals surface area contributed by atoms with Crippen molar-refractivity contribution in [2.24, 2.45) is 0 Å². The third-order valence-corrected chi connectivity index (χ3v) is 3.98. The van der Waals surface area contributed by atoms with Crippen molar-refractivity contribution in [2.75, 3.05) is 19.2 Å². The zero-order valence-corrected chi connectivity index (χ0v) is 14.0. The average molecular weight is 352 g/mol. The number of nitrogens with zero attached hydrogens (tertiary/aromatic N) is 1. The minimum Gasteiger partial charge on any atom is -0.496 e. The molecular formula is C19H16N2O5. The highest BCUT2D eigenvalue weighted by Crippen LogP contribution is 2.33. The van der Waals surface area contributed by atoms with Gasteiger partial charge in [0, 0.05) is 11.8 Å². The van der Waals surface area contributed by atoms with Gasteiger partial charge in [-0.05, 0) is 29.8 Å². The summed E-state index contributed by atoms with van der Waals surface area (Å²) in [4.78, 5) is 16.2. The second-order valence-corrected chi connectivity index (χ2v) is 5.69. The lowest BCUT2D eigenvalue weighted by Gasteiger charge is -2.10. The third kappa shape index (κ3) is 3.19. The number of carbonyl (C=O) groups is 1. The molecule has 26 heavy (non-hydrogen) atoms. The normalized spacial score (nSPS) is 12.0. The van der Waals surface area contributed by atoms with Gasteiger partial charge in [-0.25, -0.2) is 4.98 Å². The number of methoxy groups -OCH3 is 1. The molecule has 3 aromatic rings. The molecule has 0 radical (unpaired) electrons. The van der Waals surface area contributed by atoms with Crippen molar-refractivity contribution in [3.63, 3.8) is 0 Å². The maximum Gasteiger partial charge on any atom is 0.231 e. The Balaban J connectivity index is 1.47. The van der Waals surface area contributed by atoms with E-state index in [1.54, 1.807) is 31.5 Å². The lowest BCUT2D eigenvalue weighted by molar-refractivity contribution is -0.115. The summed E-state index contributed by atoms with van der Waals surface area (Å²) in [5, 5.41) is 2.87. The van der Waals surface area contributed by atoms with Crippen molar-refractivity contribution < 1.29 is 23.4 Å². The van der Waals surface area contributed by atoms with Gasteiger partial charge in [-0.3, -0.25) is 4.79 Å². The van der Waals surface area contributed by atoms with Gasteiger partial charge in [-0.2, -0.15) is 0 Å². The largest absolute Gasteiger partial charge is 0.496 e. The Morgan fingerprint density at radius 2 is 2.08 bits per heavy atom. The summed E-state index contributed by atoms with van der Waals surface area (Å²) < 4.78 is 21.3. The predicted octanol–water partition coefficient (Wildman–Crippen LogP) is 3.26. The highest BCUT2D eigenvalue weighted by Gasteiger charge is 2.15. The number of benzene rings is 2. The number of amides is 1. The number of nitrogens with one attached hydrogen (secondary N) is 1. The summed E-state index contributed by atoms with van der Waals surface area (Å²) in [5.74, 6) is 2.40. The second kappa shape index (κ2) is 6.79. The molecule has 132 valence electrons. The Morgan fingerprint density at radius 3 is 2.88 bits per heavy atom. The van der Waals surface area contributed by atoms with Crippen molar-refractivity contribution in [3.8, 4) is 28.6 Å². The number of fused-ring (bicyclic) bond motifs is 1. The second-order valence-electron chi connectivity index (χ2n) is 5.69. The third-order valence-electron chi connectivity index (χ3n) is 3.98. The zero-order chi connectivity index (χ0) is 17.9. The van der Waals surface area contributed by atoms with Crippen LogP contribution < -0.4 is 19.5 Å². The number of rotatable bonds is 5. The molecule has 1 N–H and O–H groups in total. The SMILES string of the molecule is COc1cc(NC(=O)Cc2ccc3c(c2)OCO3)ccc1-c1cnco1. The van der Waals surface area contributed by atoms with Gasteiger partial charge in [0.05, 0.1) is 25.3 Å². The van der Waals surface area contributed by atoms with Gasteiger partial charge < -0.3 is 23.9 Å². The van der Waals surface area contributed by atoms with E-state index in [1.807, 2.05) is 18.2 Å². The Labute approximate surface area is 149 Å². The molecule has 0 bridgehead atoms. The van der Waals surface area contributed by atoms with E-state index < -0.39 is 0 Å². The summed E-state index contributed by atoms with van der Waals surface area (Å²) in [6, 6.07) is 10.8. The summed E-state index contributed by atoms with van der Waals surface area (Å²) in [5.41, 5.74) is 2.24. The number of oxazole rings is 1. The number of ether oxygens (including phenoxy) is 3. The highest BCUT2D eigenvalue weighted by atomic mass is 16.7. The fourth-order valence-corrected chi connectivity index (χ4v) is 2.76. The van der Waals surface area contributed by atoms with Crippen LogP contribution >= 0.6 is 0 Å². The van der Waals surface area contributed by atoms with Crippen molar-refractivity contribution in [2.45, 2.75) is 6.42 Å². The quantitative estimate of drug-likeness (QED) is 0.759. The predicted molar refractivity (Wildman–Crippen MR) is 93.4 cm³/mol. The Kier molecular flexibility index (Phi) is 4.18. The summed E-state index contributed by atoms with van der Waals surface area (Å²) >= 11 is 0. The van der Waals surface area contributed by atoms with E-state index >= 15 is 0 Å². The first-order valence-corrected chi connectivity index (χ1v) is 7.98. The van der Waals surface area contributed by atoms with E-state index in [4.69, 9.17) is 18.6 Å². The van der Waals surface area contributed by atoms with Gasteiger partial charge in [-0.1, -0.05) is 6.07 Å². The van der Waals surface area contributed by atoms with Crippen molar-refractivity contribution >= 4 is 11.6 Å². The highest BCUT2D eigenvalue weighted by molar-refractivity contribution is 5.93. The van der Waals surface area contributed by atoms with Crippen molar-refractivity contribution in [1.29, 1.82) is 0 Å². The molecule has 2 heterocycles. The minimum absolute atomic E-state index is 0.140. The van der Waals surface area contributed by atoms with Crippen LogP contribution in [0.25, 0.3) is 11.3 Å². The van der Waals surface area contributed by atoms with Crippen molar-refractivity contribution in [3.05, 3.63) is 54.6 Å². The van der Waals surface area contributed by atoms with E-state index in [9.17, 15) is 4.79 Å². The number of carbonyl (C=O) groups excluding carboxylic acids is 1. The first-order chi connectivity index (χ1) is 12.7. The van der Waals surface area contributed by atoms with Crippen LogP contribution in [0, 0.1) is 0 Å². The van der Waals surface area contributed by atoms with Gasteiger partial charge in [-0.15, -0.1) is 0 Å². The molecule has 2 aromatic carbocycles. The summed E-state index contributed by atoms with van der Waals surface area (Å²) in [7, 11) is 1.56. The molecule has 1 amide bonds. The maximum absolute atomic E-state index is 12.3. The molecule has 7 heteroatoms. The number of anilines is 1. The molecule has 4 rings (SSSR count). The van der Waals surface area contributed by atoms with E-state index in [1.165, 1.54) is 6.39 Å². The monoisotopic (exact) mass is 352 g/mol. The molecule has 7 nitrogen and oxygen atoms in total. The topological polar surface area (TPSA) is 82.8 Å². The molecule has 0 saturated heterocycles. The van der Waals surface area contributed by atoms with Crippen LogP contribution in [0.4, 0.5) is 5.69 Å². The molecule has 1 aromatic heterocycles. The average Bonchev–Trinajstić information content (AvgIpc) is 3.32. The standard InChI is InChI=1S/C19H16N2O5/c1-23-16-8-13(3-4-14(16)18-9-20-10-24-18)21-19(22)7-12-2-5-15-17(6-12)26-11-25-15/h2-6,8-10H,7,11H2,1H3,(H,21,22). The van der Waals surface area contributed by atoms with Gasteiger partial charge in [0.25, 0.3) is 0 Å². The van der Waals surface area contributed by atoms with E-state index in [0.717, 1.165) is 11.1 Å². The molecule has 0 fully saturated rings. The van der Waals surface area contributed by atoms with Crippen LogP contribution in [0.15, 0.2) is 53.4 Å². The molecular weight excluding hydrogens is 336 g/mol. The lowest BCUT2D eigenvalue weighted by atomic mass is 10.1. The van der Waals surface area contributed by atoms with Crippen LogP contribution in [0.3, 0.4) is 0 Å². The molecule has 0 atom stereocenters. The Morgan fingerprint density at radius 1 is 1.19 bits per heavy atom. The molecule has 0 aliphatic carbocycles. The number of aromatic nitrogens is 1. The molecule has 0 unspecified atom stereocenters. The Hall–Kier alpha value is -3.48. The van der Waals surface area contributed by atoms with Crippen LogP contribution in [-0.2, 0) is 11.2 Å². The smallest absolute Gasteiger partial charge is 0.231 e. The van der Waals surface area contributed by atoms with Gasteiger partial charge >= 0.3 is 0 Å². The molecule has 0 spiro atoms. The zero-order valence-electron chi connectivity index (χ0n) is 14.0. The summed E-state index contributed by atoms with van der Waals surface area (Å²) in [6.45, 7) is 0.211. The first kappa shape index (κ1) is 16.0. The first-order valence-electron chi connectivity index (χ1n) is 7.98.